The van der Waals surface area contributed by atoms with Crippen molar-refractivity contribution in [1.29, 1.82) is 0 Å². The van der Waals surface area contributed by atoms with Gasteiger partial charge in [0.15, 0.2) is 0 Å². The summed E-state index contributed by atoms with van der Waals surface area (Å²) in [7, 11) is 1.91. The van der Waals surface area contributed by atoms with Gasteiger partial charge in [-0.3, -0.25) is 4.79 Å². The second kappa shape index (κ2) is 8.76. The first-order valence-corrected chi connectivity index (χ1v) is 7.98. The molecule has 0 aliphatic carbocycles. The molecule has 1 heterocycles. The number of hydrogen-bond acceptors (Lipinski definition) is 4. The smallest absolute Gasteiger partial charge is 0.251 e. The van der Waals surface area contributed by atoms with Crippen LogP contribution in [0.5, 0.6) is 0 Å². The lowest BCUT2D eigenvalue weighted by Gasteiger charge is -2.22. The predicted molar refractivity (Wildman–Crippen MR) is 87.3 cm³/mol. The van der Waals surface area contributed by atoms with Crippen molar-refractivity contribution in [2.45, 2.75) is 19.3 Å². The molecule has 0 spiro atoms. The van der Waals surface area contributed by atoms with Crippen LogP contribution in [0.15, 0.2) is 24.3 Å². The first kappa shape index (κ1) is 16.8. The van der Waals surface area contributed by atoms with E-state index in [1.54, 1.807) is 0 Å². The summed E-state index contributed by atoms with van der Waals surface area (Å²) in [6.07, 6.45) is 3.30. The van der Waals surface area contributed by atoms with Crippen molar-refractivity contribution < 1.29 is 14.6 Å². The third-order valence-corrected chi connectivity index (χ3v) is 4.10. The van der Waals surface area contributed by atoms with Crippen LogP contribution in [0, 0.1) is 5.92 Å². The monoisotopic (exact) mass is 306 g/mol. The minimum Gasteiger partial charge on any atom is -0.395 e. The van der Waals surface area contributed by atoms with Gasteiger partial charge in [0.05, 0.1) is 6.61 Å². The van der Waals surface area contributed by atoms with Gasteiger partial charge in [0.1, 0.15) is 0 Å². The molecule has 1 amide bonds. The number of anilines is 1. The highest BCUT2D eigenvalue weighted by atomic mass is 16.5. The summed E-state index contributed by atoms with van der Waals surface area (Å²) in [4.78, 5) is 14.0. The molecule has 1 aliphatic heterocycles. The van der Waals surface area contributed by atoms with E-state index in [0.717, 1.165) is 31.7 Å². The largest absolute Gasteiger partial charge is 0.395 e. The van der Waals surface area contributed by atoms with Gasteiger partial charge >= 0.3 is 0 Å². The number of aliphatic hydroxyl groups is 1. The van der Waals surface area contributed by atoms with Crippen LogP contribution in [0.1, 0.15) is 29.6 Å². The van der Waals surface area contributed by atoms with Gasteiger partial charge in [0, 0.05) is 44.6 Å². The van der Waals surface area contributed by atoms with E-state index in [4.69, 9.17) is 9.84 Å². The van der Waals surface area contributed by atoms with Gasteiger partial charge in [-0.1, -0.05) is 0 Å². The molecule has 1 fully saturated rings. The molecule has 5 nitrogen and oxygen atoms in total. The Balaban J connectivity index is 1.77. The molecule has 5 heteroatoms. The number of carbonyl (C=O) groups excluding carboxylic acids is 1. The average Bonchev–Trinajstić information content (AvgIpc) is 2.56. The number of hydrogen-bond donors (Lipinski definition) is 2. The summed E-state index contributed by atoms with van der Waals surface area (Å²) in [5, 5.41) is 11.9. The normalized spacial score (nSPS) is 18.0. The Labute approximate surface area is 132 Å². The Morgan fingerprint density at radius 2 is 2.18 bits per heavy atom. The summed E-state index contributed by atoms with van der Waals surface area (Å²) < 4.78 is 5.44. The molecule has 122 valence electrons. The molecule has 22 heavy (non-hydrogen) atoms. The highest BCUT2D eigenvalue weighted by Gasteiger charge is 2.14. The van der Waals surface area contributed by atoms with Crippen molar-refractivity contribution in [1.82, 2.24) is 5.32 Å². The Kier molecular flexibility index (Phi) is 6.68. The molecule has 2 N–H and O–H groups in total. The molecular weight excluding hydrogens is 280 g/mol. The predicted octanol–water partition coefficient (Wildman–Crippen LogP) is 1.66. The Hall–Kier alpha value is -1.59. The van der Waals surface area contributed by atoms with Crippen molar-refractivity contribution in [2.24, 2.45) is 5.92 Å². The number of nitrogens with one attached hydrogen (secondary N) is 1. The van der Waals surface area contributed by atoms with E-state index >= 15 is 0 Å². The van der Waals surface area contributed by atoms with Crippen LogP contribution >= 0.6 is 0 Å². The maximum Gasteiger partial charge on any atom is 0.251 e. The van der Waals surface area contributed by atoms with Gasteiger partial charge in [-0.25, -0.2) is 0 Å². The van der Waals surface area contributed by atoms with Crippen molar-refractivity contribution in [3.8, 4) is 0 Å². The van der Waals surface area contributed by atoms with E-state index in [1.807, 2.05) is 36.2 Å². The summed E-state index contributed by atoms with van der Waals surface area (Å²) in [5.74, 6) is 0.539. The van der Waals surface area contributed by atoms with Crippen molar-refractivity contribution in [3.63, 3.8) is 0 Å². The Morgan fingerprint density at radius 3 is 2.82 bits per heavy atom. The molecule has 1 aromatic carbocycles. The van der Waals surface area contributed by atoms with Crippen molar-refractivity contribution in [2.75, 3.05) is 44.9 Å². The topological polar surface area (TPSA) is 61.8 Å². The summed E-state index contributed by atoms with van der Waals surface area (Å²) in [6, 6.07) is 7.45. The molecule has 1 saturated heterocycles. The first-order valence-electron chi connectivity index (χ1n) is 7.98. The van der Waals surface area contributed by atoms with Gasteiger partial charge in [-0.05, 0) is 49.4 Å². The van der Waals surface area contributed by atoms with Gasteiger partial charge in [-0.2, -0.15) is 0 Å². The quantitative estimate of drug-likeness (QED) is 0.804. The van der Waals surface area contributed by atoms with Gasteiger partial charge in [0.25, 0.3) is 5.91 Å². The molecular formula is C17H26N2O3. The van der Waals surface area contributed by atoms with Crippen LogP contribution in [-0.4, -0.2) is 51.0 Å². The zero-order valence-corrected chi connectivity index (χ0v) is 13.3. The maximum atomic E-state index is 12.1. The molecule has 2 rings (SSSR count). The Morgan fingerprint density at radius 1 is 1.41 bits per heavy atom. The average molecular weight is 306 g/mol. The van der Waals surface area contributed by atoms with Crippen LogP contribution in [0.4, 0.5) is 5.69 Å². The fourth-order valence-electron chi connectivity index (χ4n) is 2.67. The molecule has 1 atom stereocenters. The highest BCUT2D eigenvalue weighted by molar-refractivity contribution is 5.94. The molecule has 0 bridgehead atoms. The highest BCUT2D eigenvalue weighted by Crippen LogP contribution is 2.17. The van der Waals surface area contributed by atoms with Crippen LogP contribution in [0.25, 0.3) is 0 Å². The molecule has 1 aliphatic rings. The number of aliphatic hydroxyl groups excluding tert-OH is 1. The number of nitrogens with zero attached hydrogens (tertiary/aromatic N) is 1. The number of carbonyl (C=O) groups is 1. The second-order valence-corrected chi connectivity index (χ2v) is 5.82. The maximum absolute atomic E-state index is 12.1. The number of ether oxygens (including phenoxy) is 1. The fourth-order valence-corrected chi connectivity index (χ4v) is 2.67. The third-order valence-electron chi connectivity index (χ3n) is 4.10. The number of rotatable bonds is 7. The van der Waals surface area contributed by atoms with E-state index in [1.165, 1.54) is 6.42 Å². The summed E-state index contributed by atoms with van der Waals surface area (Å²) >= 11 is 0. The van der Waals surface area contributed by atoms with Crippen molar-refractivity contribution >= 4 is 11.6 Å². The van der Waals surface area contributed by atoms with Crippen LogP contribution < -0.4 is 10.2 Å². The lowest BCUT2D eigenvalue weighted by atomic mass is 9.99. The number of amides is 1. The molecule has 0 unspecified atom stereocenters. The minimum absolute atomic E-state index is 0.0342. The zero-order chi connectivity index (χ0) is 15.8. The SMILES string of the molecule is CN(CCO)c1ccc(C(=O)NCC[C@@H]2CCCOC2)cc1. The van der Waals surface area contributed by atoms with E-state index in [-0.39, 0.29) is 12.5 Å². The van der Waals surface area contributed by atoms with E-state index < -0.39 is 0 Å². The third kappa shape index (κ3) is 5.00. The fraction of sp³-hybridized carbons (Fsp3) is 0.588. The van der Waals surface area contributed by atoms with E-state index in [2.05, 4.69) is 5.32 Å². The molecule has 1 aromatic rings. The van der Waals surface area contributed by atoms with Gasteiger partial charge in [0.2, 0.25) is 0 Å². The molecule has 0 radical (unpaired) electrons. The van der Waals surface area contributed by atoms with Crippen molar-refractivity contribution in [3.05, 3.63) is 29.8 Å². The van der Waals surface area contributed by atoms with Crippen LogP contribution in [-0.2, 0) is 4.74 Å². The minimum atomic E-state index is -0.0342. The van der Waals surface area contributed by atoms with E-state index in [0.29, 0.717) is 24.6 Å². The first-order chi connectivity index (χ1) is 10.7. The number of benzene rings is 1. The number of likely N-dealkylation sites (N-methyl/N-ethyl adjacent to an activating group) is 1. The molecule has 0 aromatic heterocycles. The lowest BCUT2D eigenvalue weighted by molar-refractivity contribution is 0.0514. The van der Waals surface area contributed by atoms with E-state index in [9.17, 15) is 4.79 Å². The Bertz CT molecular complexity index is 455. The molecule has 0 saturated carbocycles. The standard InChI is InChI=1S/C17H26N2O3/c1-19(10-11-20)16-6-4-15(5-7-16)17(21)18-9-8-14-3-2-12-22-13-14/h4-7,14,20H,2-3,8-13H2,1H3,(H,18,21)/t14-/m0/s1. The van der Waals surface area contributed by atoms with Crippen LogP contribution in [0.3, 0.4) is 0 Å². The van der Waals surface area contributed by atoms with Crippen LogP contribution in [0.2, 0.25) is 0 Å². The zero-order valence-electron chi connectivity index (χ0n) is 13.3. The second-order valence-electron chi connectivity index (χ2n) is 5.82. The van der Waals surface area contributed by atoms with Gasteiger partial charge in [-0.15, -0.1) is 0 Å². The lowest BCUT2D eigenvalue weighted by Crippen LogP contribution is -2.28. The summed E-state index contributed by atoms with van der Waals surface area (Å²) in [6.45, 7) is 3.08. The van der Waals surface area contributed by atoms with Gasteiger partial charge < -0.3 is 20.1 Å². The summed E-state index contributed by atoms with van der Waals surface area (Å²) in [5.41, 5.74) is 1.66.